The van der Waals surface area contributed by atoms with Gasteiger partial charge in [0.2, 0.25) is 0 Å². The molecule has 0 radical (unpaired) electrons. The molecule has 1 fully saturated rings. The topological polar surface area (TPSA) is 122 Å². The van der Waals surface area contributed by atoms with Gasteiger partial charge in [-0.3, -0.25) is 14.3 Å². The molecule has 3 heterocycles. The van der Waals surface area contributed by atoms with Crippen LogP contribution in [0.4, 0.5) is 17.2 Å². The normalized spacial score (nSPS) is 15.5. The number of amides is 1. The van der Waals surface area contributed by atoms with Crippen LogP contribution >= 0.6 is 0 Å². The lowest BCUT2D eigenvalue weighted by Crippen LogP contribution is -2.38. The number of aryl methyl sites for hydroxylation is 1. The van der Waals surface area contributed by atoms with Crippen molar-refractivity contribution in [1.29, 1.82) is 0 Å². The van der Waals surface area contributed by atoms with Gasteiger partial charge in [0.25, 0.3) is 11.5 Å². The summed E-state index contributed by atoms with van der Waals surface area (Å²) in [7, 11) is 3.19. The number of carbonyl (C=O) groups is 1. The van der Waals surface area contributed by atoms with E-state index in [4.69, 9.17) is 4.74 Å². The zero-order valence-electron chi connectivity index (χ0n) is 23.8. The van der Waals surface area contributed by atoms with Gasteiger partial charge < -0.3 is 29.7 Å². The summed E-state index contributed by atoms with van der Waals surface area (Å²) in [5.74, 6) is 1.01. The number of nitrogens with one attached hydrogen (secondary N) is 1. The Balaban J connectivity index is 1.30. The van der Waals surface area contributed by atoms with Crippen molar-refractivity contribution in [2.24, 2.45) is 7.05 Å². The summed E-state index contributed by atoms with van der Waals surface area (Å²) < 4.78 is 8.03. The van der Waals surface area contributed by atoms with Gasteiger partial charge in [0, 0.05) is 55.9 Å². The molecule has 10 heteroatoms. The summed E-state index contributed by atoms with van der Waals surface area (Å²) in [5, 5.41) is 28.1. The summed E-state index contributed by atoms with van der Waals surface area (Å²) >= 11 is 0. The van der Waals surface area contributed by atoms with E-state index in [1.54, 1.807) is 41.2 Å². The number of rotatable bonds is 10. The molecular weight excluding hydrogens is 534 g/mol. The maximum absolute atomic E-state index is 13.6. The average molecular weight is 570 g/mol. The molecule has 0 bridgehead atoms. The van der Waals surface area contributed by atoms with Crippen molar-refractivity contribution >= 4 is 23.1 Å². The van der Waals surface area contributed by atoms with E-state index in [1.807, 2.05) is 24.3 Å². The van der Waals surface area contributed by atoms with Crippen LogP contribution in [0.1, 0.15) is 45.8 Å². The van der Waals surface area contributed by atoms with Crippen LogP contribution in [-0.2, 0) is 31.4 Å². The Morgan fingerprint density at radius 2 is 1.95 bits per heavy atom. The van der Waals surface area contributed by atoms with Crippen LogP contribution in [0.2, 0.25) is 0 Å². The van der Waals surface area contributed by atoms with Gasteiger partial charge in [-0.15, -0.1) is 0 Å². The van der Waals surface area contributed by atoms with Crippen molar-refractivity contribution in [3.8, 4) is 11.1 Å². The number of fused-ring (bicyclic) bond motifs is 1. The van der Waals surface area contributed by atoms with E-state index in [1.165, 1.54) is 30.1 Å². The SMILES string of the molecule is COCC(O)Cn1ccc(Nc2cc(-c3cccc(N4CCc5cc(C6CC6)ccc5C4=O)c3CO)cn(C)c2=O)n1. The molecule has 3 N–H and O–H groups in total. The highest BCUT2D eigenvalue weighted by Crippen LogP contribution is 2.41. The third-order valence-corrected chi connectivity index (χ3v) is 8.01. The van der Waals surface area contributed by atoms with Crippen molar-refractivity contribution in [3.05, 3.63) is 93.5 Å². The van der Waals surface area contributed by atoms with Crippen LogP contribution in [0.5, 0.6) is 0 Å². The quantitative estimate of drug-likeness (QED) is 0.267. The van der Waals surface area contributed by atoms with Crippen molar-refractivity contribution in [1.82, 2.24) is 14.3 Å². The number of benzene rings is 2. The highest BCUT2D eigenvalue weighted by molar-refractivity contribution is 6.09. The molecular formula is C32H35N5O5. The Labute approximate surface area is 243 Å². The van der Waals surface area contributed by atoms with Crippen LogP contribution < -0.4 is 15.8 Å². The third-order valence-electron chi connectivity index (χ3n) is 8.01. The Bertz CT molecular complexity index is 1690. The van der Waals surface area contributed by atoms with E-state index in [9.17, 15) is 19.8 Å². The number of hydrogen-bond acceptors (Lipinski definition) is 7. The number of pyridine rings is 1. The number of methoxy groups -OCH3 is 1. The highest BCUT2D eigenvalue weighted by atomic mass is 16.5. The first-order chi connectivity index (χ1) is 20.4. The molecule has 0 spiro atoms. The van der Waals surface area contributed by atoms with E-state index in [0.717, 1.165) is 17.5 Å². The van der Waals surface area contributed by atoms with E-state index >= 15 is 0 Å². The summed E-state index contributed by atoms with van der Waals surface area (Å²) in [6.45, 7) is 0.691. The molecule has 2 aromatic carbocycles. The number of hydrogen-bond donors (Lipinski definition) is 3. The van der Waals surface area contributed by atoms with E-state index in [0.29, 0.717) is 46.3 Å². The predicted octanol–water partition coefficient (Wildman–Crippen LogP) is 3.57. The maximum atomic E-state index is 13.6. The van der Waals surface area contributed by atoms with Crippen LogP contribution in [0.15, 0.2) is 65.7 Å². The molecule has 6 rings (SSSR count). The van der Waals surface area contributed by atoms with Gasteiger partial charge in [0.15, 0.2) is 5.82 Å². The van der Waals surface area contributed by atoms with Crippen molar-refractivity contribution in [2.75, 3.05) is 30.5 Å². The van der Waals surface area contributed by atoms with E-state index < -0.39 is 6.10 Å². The Hall–Kier alpha value is -4.25. The molecule has 1 unspecified atom stereocenters. The fourth-order valence-corrected chi connectivity index (χ4v) is 5.75. The highest BCUT2D eigenvalue weighted by Gasteiger charge is 2.30. The maximum Gasteiger partial charge on any atom is 0.274 e. The van der Waals surface area contributed by atoms with Gasteiger partial charge in [-0.1, -0.05) is 24.3 Å². The lowest BCUT2D eigenvalue weighted by molar-refractivity contribution is 0.0514. The molecule has 42 heavy (non-hydrogen) atoms. The number of aliphatic hydroxyl groups excluding tert-OH is 2. The largest absolute Gasteiger partial charge is 0.392 e. The van der Waals surface area contributed by atoms with Gasteiger partial charge >= 0.3 is 0 Å². The summed E-state index contributed by atoms with van der Waals surface area (Å²) in [6.07, 6.45) is 5.91. The number of carbonyl (C=O) groups excluding carboxylic acids is 1. The standard InChI is InChI=1S/C32H35N5O5/c1-35-16-23(15-28(32(35)41)33-30-11-12-36(34-30)17-24(39)19-42-2)25-4-3-5-29(27(25)18-38)37-13-10-22-14-21(20-6-7-20)8-9-26(22)31(37)40/h3-5,8-9,11-12,14-16,20,24,38-39H,6-7,10,13,17-19H2,1-2H3,(H,33,34). The first-order valence-corrected chi connectivity index (χ1v) is 14.2. The molecule has 1 amide bonds. The lowest BCUT2D eigenvalue weighted by atomic mass is 9.93. The van der Waals surface area contributed by atoms with Gasteiger partial charge in [0.05, 0.1) is 31.5 Å². The molecule has 1 saturated carbocycles. The second-order valence-electron chi connectivity index (χ2n) is 11.1. The summed E-state index contributed by atoms with van der Waals surface area (Å²) in [4.78, 5) is 28.4. The summed E-state index contributed by atoms with van der Waals surface area (Å²) in [6, 6.07) is 15.3. The second kappa shape index (κ2) is 11.6. The Kier molecular flexibility index (Phi) is 7.68. The first kappa shape index (κ1) is 27.9. The predicted molar refractivity (Wildman–Crippen MR) is 160 cm³/mol. The first-order valence-electron chi connectivity index (χ1n) is 14.2. The number of anilines is 3. The van der Waals surface area contributed by atoms with E-state index in [-0.39, 0.29) is 31.2 Å². The fraction of sp³-hybridized carbons (Fsp3) is 0.344. The van der Waals surface area contributed by atoms with Crippen molar-refractivity contribution < 1.29 is 19.7 Å². The van der Waals surface area contributed by atoms with Crippen LogP contribution in [0, 0.1) is 0 Å². The Morgan fingerprint density at radius 1 is 1.12 bits per heavy atom. The molecule has 0 saturated heterocycles. The Morgan fingerprint density at radius 3 is 2.71 bits per heavy atom. The summed E-state index contributed by atoms with van der Waals surface area (Å²) in [5.41, 5.74) is 5.89. The molecule has 1 aliphatic heterocycles. The minimum absolute atomic E-state index is 0.0699. The van der Waals surface area contributed by atoms with Gasteiger partial charge in [0.1, 0.15) is 5.69 Å². The fourth-order valence-electron chi connectivity index (χ4n) is 5.75. The number of aromatic nitrogens is 3. The zero-order valence-corrected chi connectivity index (χ0v) is 23.8. The minimum atomic E-state index is -0.705. The van der Waals surface area contributed by atoms with Gasteiger partial charge in [-0.05, 0) is 60.1 Å². The second-order valence-corrected chi connectivity index (χ2v) is 11.1. The van der Waals surface area contributed by atoms with Crippen molar-refractivity contribution in [2.45, 2.75) is 44.4 Å². The lowest BCUT2D eigenvalue weighted by Gasteiger charge is -2.31. The van der Waals surface area contributed by atoms with Gasteiger partial charge in [-0.2, -0.15) is 5.10 Å². The van der Waals surface area contributed by atoms with E-state index in [2.05, 4.69) is 22.5 Å². The monoisotopic (exact) mass is 569 g/mol. The molecule has 1 aliphatic carbocycles. The van der Waals surface area contributed by atoms with Crippen LogP contribution in [0.3, 0.4) is 0 Å². The molecule has 218 valence electrons. The molecule has 2 aromatic heterocycles. The van der Waals surface area contributed by atoms with Crippen LogP contribution in [-0.4, -0.2) is 56.8 Å². The third kappa shape index (κ3) is 5.48. The smallest absolute Gasteiger partial charge is 0.274 e. The van der Waals surface area contributed by atoms with Gasteiger partial charge in [-0.25, -0.2) is 0 Å². The zero-order chi connectivity index (χ0) is 29.4. The number of ether oxygens (including phenoxy) is 1. The minimum Gasteiger partial charge on any atom is -0.392 e. The molecule has 10 nitrogen and oxygen atoms in total. The molecule has 1 atom stereocenters. The molecule has 4 aromatic rings. The average Bonchev–Trinajstić information content (AvgIpc) is 3.75. The van der Waals surface area contributed by atoms with Crippen molar-refractivity contribution in [3.63, 3.8) is 0 Å². The number of aliphatic hydroxyl groups is 2. The molecule has 2 aliphatic rings. The van der Waals surface area contributed by atoms with Crippen LogP contribution in [0.25, 0.3) is 11.1 Å². The number of nitrogens with zero attached hydrogens (tertiary/aromatic N) is 4.